The highest BCUT2D eigenvalue weighted by Crippen LogP contribution is 2.15. The van der Waals surface area contributed by atoms with Crippen LogP contribution < -0.4 is 10.9 Å². The highest BCUT2D eigenvalue weighted by atomic mass is 16.6. The fourth-order valence-electron chi connectivity index (χ4n) is 1.96. The zero-order valence-corrected chi connectivity index (χ0v) is 12.1. The smallest absolute Gasteiger partial charge is 0.269 e. The molecule has 0 aliphatic heterocycles. The predicted molar refractivity (Wildman–Crippen MR) is 81.9 cm³/mol. The van der Waals surface area contributed by atoms with Crippen LogP contribution in [0.1, 0.15) is 11.3 Å². The first-order chi connectivity index (χ1) is 10.9. The number of pyridine rings is 1. The van der Waals surface area contributed by atoms with Crippen LogP contribution >= 0.6 is 0 Å². The van der Waals surface area contributed by atoms with E-state index in [4.69, 9.17) is 5.26 Å². The third-order valence-corrected chi connectivity index (χ3v) is 3.18. The lowest BCUT2D eigenvalue weighted by Crippen LogP contribution is -2.30. The summed E-state index contributed by atoms with van der Waals surface area (Å²) in [4.78, 5) is 34.1. The lowest BCUT2D eigenvalue weighted by atomic mass is 10.2. The van der Waals surface area contributed by atoms with Crippen LogP contribution in [0.4, 0.5) is 11.4 Å². The second-order valence-electron chi connectivity index (χ2n) is 4.74. The summed E-state index contributed by atoms with van der Waals surface area (Å²) in [5.41, 5.74) is 0.262. The normalized spacial score (nSPS) is 9.91. The maximum atomic E-state index is 12.0. The van der Waals surface area contributed by atoms with Crippen LogP contribution in [0.15, 0.2) is 41.2 Å². The Hall–Kier alpha value is -3.47. The fourth-order valence-corrected chi connectivity index (χ4v) is 1.96. The number of hydrogen-bond donors (Lipinski definition) is 1. The number of carbonyl (C=O) groups is 1. The Morgan fingerprint density at radius 1 is 1.30 bits per heavy atom. The van der Waals surface area contributed by atoms with Crippen LogP contribution in [0.5, 0.6) is 0 Å². The summed E-state index contributed by atoms with van der Waals surface area (Å²) < 4.78 is 1.19. The molecule has 0 bridgehead atoms. The highest BCUT2D eigenvalue weighted by molar-refractivity contribution is 5.90. The number of amides is 1. The van der Waals surface area contributed by atoms with E-state index in [0.29, 0.717) is 11.4 Å². The van der Waals surface area contributed by atoms with E-state index < -0.39 is 16.4 Å². The Balaban J connectivity index is 2.16. The Bertz CT molecular complexity index is 863. The average Bonchev–Trinajstić information content (AvgIpc) is 2.52. The Kier molecular flexibility index (Phi) is 4.52. The summed E-state index contributed by atoms with van der Waals surface area (Å²) in [6.07, 6.45) is 0. The molecule has 116 valence electrons. The molecular formula is C15H12N4O4. The maximum Gasteiger partial charge on any atom is 0.269 e. The molecule has 0 fully saturated rings. The standard InChI is InChI=1S/C15H12N4O4/c1-10-2-3-11(8-16)15(21)18(10)9-14(20)17-12-4-6-13(7-5-12)19(22)23/h2-7H,9H2,1H3,(H,17,20). The second kappa shape index (κ2) is 6.53. The Morgan fingerprint density at radius 2 is 1.96 bits per heavy atom. The molecule has 0 aliphatic carbocycles. The predicted octanol–water partition coefficient (Wildman–Crippen LogP) is 1.58. The molecule has 0 saturated heterocycles. The quantitative estimate of drug-likeness (QED) is 0.679. The molecule has 0 aliphatic rings. The van der Waals surface area contributed by atoms with Crippen molar-refractivity contribution >= 4 is 17.3 Å². The minimum Gasteiger partial charge on any atom is -0.325 e. The molecule has 2 rings (SSSR count). The number of aromatic nitrogens is 1. The van der Waals surface area contributed by atoms with Crippen LogP contribution in [0.25, 0.3) is 0 Å². The van der Waals surface area contributed by atoms with Gasteiger partial charge in [-0.3, -0.25) is 19.7 Å². The van der Waals surface area contributed by atoms with E-state index in [2.05, 4.69) is 5.32 Å². The van der Waals surface area contributed by atoms with Crippen molar-refractivity contribution in [3.8, 4) is 6.07 Å². The summed E-state index contributed by atoms with van der Waals surface area (Å²) in [7, 11) is 0. The molecule has 0 spiro atoms. The first-order valence-electron chi connectivity index (χ1n) is 6.57. The number of rotatable bonds is 4. The van der Waals surface area contributed by atoms with Gasteiger partial charge in [0.25, 0.3) is 11.2 Å². The van der Waals surface area contributed by atoms with Crippen molar-refractivity contribution in [3.63, 3.8) is 0 Å². The minimum atomic E-state index is -0.540. The third kappa shape index (κ3) is 3.59. The van der Waals surface area contributed by atoms with Gasteiger partial charge >= 0.3 is 0 Å². The third-order valence-electron chi connectivity index (χ3n) is 3.18. The van der Waals surface area contributed by atoms with E-state index >= 15 is 0 Å². The molecule has 8 heteroatoms. The van der Waals surface area contributed by atoms with Gasteiger partial charge < -0.3 is 9.88 Å². The number of hydrogen-bond acceptors (Lipinski definition) is 5. The lowest BCUT2D eigenvalue weighted by Gasteiger charge is -2.10. The average molecular weight is 312 g/mol. The van der Waals surface area contributed by atoms with Crippen LogP contribution in [-0.4, -0.2) is 15.4 Å². The van der Waals surface area contributed by atoms with E-state index in [-0.39, 0.29) is 17.8 Å². The van der Waals surface area contributed by atoms with Gasteiger partial charge in [-0.2, -0.15) is 5.26 Å². The molecule has 0 radical (unpaired) electrons. The molecular weight excluding hydrogens is 300 g/mol. The van der Waals surface area contributed by atoms with Crippen molar-refractivity contribution < 1.29 is 9.72 Å². The van der Waals surface area contributed by atoms with Crippen molar-refractivity contribution in [3.05, 3.63) is 68.1 Å². The Labute approximate surface area is 130 Å². The number of nitro benzene ring substituents is 1. The number of nitro groups is 1. The van der Waals surface area contributed by atoms with Crippen LogP contribution in [0.2, 0.25) is 0 Å². The van der Waals surface area contributed by atoms with Crippen LogP contribution in [-0.2, 0) is 11.3 Å². The number of benzene rings is 1. The van der Waals surface area contributed by atoms with Gasteiger partial charge in [0.2, 0.25) is 5.91 Å². The maximum absolute atomic E-state index is 12.0. The van der Waals surface area contributed by atoms with Crippen molar-refractivity contribution in [2.24, 2.45) is 0 Å². The number of nitriles is 1. The summed E-state index contributed by atoms with van der Waals surface area (Å²) in [5, 5.41) is 22.0. The first-order valence-corrected chi connectivity index (χ1v) is 6.57. The van der Waals surface area contributed by atoms with Crippen molar-refractivity contribution in [2.75, 3.05) is 5.32 Å². The minimum absolute atomic E-state index is 0.0428. The molecule has 8 nitrogen and oxygen atoms in total. The van der Waals surface area contributed by atoms with E-state index in [1.807, 2.05) is 0 Å². The number of carbonyl (C=O) groups excluding carboxylic acids is 1. The molecule has 1 heterocycles. The molecule has 23 heavy (non-hydrogen) atoms. The van der Waals surface area contributed by atoms with Crippen molar-refractivity contribution in [1.82, 2.24) is 4.57 Å². The zero-order chi connectivity index (χ0) is 17.0. The van der Waals surface area contributed by atoms with Gasteiger partial charge in [-0.25, -0.2) is 0 Å². The number of nitrogens with zero attached hydrogens (tertiary/aromatic N) is 3. The second-order valence-corrected chi connectivity index (χ2v) is 4.74. The first kappa shape index (κ1) is 15.9. The number of aryl methyl sites for hydroxylation is 1. The lowest BCUT2D eigenvalue weighted by molar-refractivity contribution is -0.384. The fraction of sp³-hybridized carbons (Fsp3) is 0.133. The van der Waals surface area contributed by atoms with E-state index in [0.717, 1.165) is 0 Å². The van der Waals surface area contributed by atoms with Gasteiger partial charge in [-0.05, 0) is 31.2 Å². The number of anilines is 1. The van der Waals surface area contributed by atoms with E-state index in [1.54, 1.807) is 19.1 Å². The van der Waals surface area contributed by atoms with Crippen LogP contribution in [0, 0.1) is 28.4 Å². The van der Waals surface area contributed by atoms with E-state index in [9.17, 15) is 19.7 Å². The van der Waals surface area contributed by atoms with Crippen molar-refractivity contribution in [1.29, 1.82) is 5.26 Å². The summed E-state index contributed by atoms with van der Waals surface area (Å²) in [6, 6.07) is 10.1. The highest BCUT2D eigenvalue weighted by Gasteiger charge is 2.11. The molecule has 1 aromatic carbocycles. The summed E-state index contributed by atoms with van der Waals surface area (Å²) >= 11 is 0. The largest absolute Gasteiger partial charge is 0.325 e. The Morgan fingerprint density at radius 3 is 2.52 bits per heavy atom. The van der Waals surface area contributed by atoms with Gasteiger partial charge in [0.05, 0.1) is 4.92 Å². The number of nitrogens with one attached hydrogen (secondary N) is 1. The molecule has 1 aromatic heterocycles. The van der Waals surface area contributed by atoms with Crippen LogP contribution in [0.3, 0.4) is 0 Å². The molecule has 2 aromatic rings. The number of non-ortho nitro benzene ring substituents is 1. The molecule has 0 saturated carbocycles. The van der Waals surface area contributed by atoms with Gasteiger partial charge in [-0.15, -0.1) is 0 Å². The molecule has 0 unspecified atom stereocenters. The summed E-state index contributed by atoms with van der Waals surface area (Å²) in [5.74, 6) is -0.473. The zero-order valence-electron chi connectivity index (χ0n) is 12.1. The van der Waals surface area contributed by atoms with Gasteiger partial charge in [0.1, 0.15) is 18.2 Å². The molecule has 0 atom stereocenters. The van der Waals surface area contributed by atoms with Crippen molar-refractivity contribution in [2.45, 2.75) is 13.5 Å². The summed E-state index contributed by atoms with van der Waals surface area (Å²) in [6.45, 7) is 1.40. The van der Waals surface area contributed by atoms with E-state index in [1.165, 1.54) is 34.9 Å². The molecule has 1 N–H and O–H groups in total. The molecule has 1 amide bonds. The van der Waals surface area contributed by atoms with Gasteiger partial charge in [-0.1, -0.05) is 0 Å². The van der Waals surface area contributed by atoms with Gasteiger partial charge in [0, 0.05) is 23.5 Å². The SMILES string of the molecule is Cc1ccc(C#N)c(=O)n1CC(=O)Nc1ccc([N+](=O)[O-])cc1. The van der Waals surface area contributed by atoms with Gasteiger partial charge in [0.15, 0.2) is 0 Å². The topological polar surface area (TPSA) is 118 Å². The monoisotopic (exact) mass is 312 g/mol.